The van der Waals surface area contributed by atoms with Crippen molar-refractivity contribution in [2.45, 2.75) is 19.8 Å². The van der Waals surface area contributed by atoms with E-state index in [2.05, 4.69) is 57.9 Å². The van der Waals surface area contributed by atoms with Crippen molar-refractivity contribution in [1.82, 2.24) is 9.66 Å². The Balaban J connectivity index is 2.22. The fourth-order valence-corrected chi connectivity index (χ4v) is 3.82. The van der Waals surface area contributed by atoms with Gasteiger partial charge in [0.15, 0.2) is 11.5 Å². The van der Waals surface area contributed by atoms with Gasteiger partial charge in [0, 0.05) is 20.4 Å². The van der Waals surface area contributed by atoms with Gasteiger partial charge in [0.05, 0.1) is 28.7 Å². The van der Waals surface area contributed by atoms with Gasteiger partial charge in [-0.2, -0.15) is 9.78 Å². The molecule has 0 radical (unpaired) electrons. The van der Waals surface area contributed by atoms with E-state index in [4.69, 9.17) is 4.74 Å². The van der Waals surface area contributed by atoms with E-state index in [1.165, 1.54) is 18.0 Å². The molecule has 0 atom stereocenters. The monoisotopic (exact) mass is 571 g/mol. The summed E-state index contributed by atoms with van der Waals surface area (Å²) in [6, 6.07) is 7.01. The molecule has 0 aliphatic carbocycles. The van der Waals surface area contributed by atoms with Crippen molar-refractivity contribution in [3.05, 3.63) is 59.4 Å². The van der Waals surface area contributed by atoms with Crippen LogP contribution in [0.3, 0.4) is 0 Å². The number of fused-ring (bicyclic) bond motifs is 1. The number of nitrogens with zero attached hydrogens (tertiary/aromatic N) is 3. The van der Waals surface area contributed by atoms with Crippen molar-refractivity contribution < 1.29 is 9.84 Å². The van der Waals surface area contributed by atoms with Gasteiger partial charge >= 0.3 is 0 Å². The van der Waals surface area contributed by atoms with E-state index in [1.54, 1.807) is 18.2 Å². The molecule has 1 heterocycles. The number of rotatable bonds is 4. The van der Waals surface area contributed by atoms with Crippen LogP contribution in [0, 0.1) is 0 Å². The summed E-state index contributed by atoms with van der Waals surface area (Å²) in [6.07, 6.45) is 1.52. The predicted octanol–water partition coefficient (Wildman–Crippen LogP) is 5.40. The van der Waals surface area contributed by atoms with Crippen molar-refractivity contribution >= 4 is 64.9 Å². The molecule has 2 aromatic carbocycles. The smallest absolute Gasteiger partial charge is 0.282 e. The zero-order valence-corrected chi connectivity index (χ0v) is 20.0. The minimum absolute atomic E-state index is 0.0116. The Bertz CT molecular complexity index is 1160. The number of methoxy groups -OCH3 is 1. The summed E-state index contributed by atoms with van der Waals surface area (Å²) < 4.78 is 8.30. The molecule has 0 aliphatic heterocycles. The van der Waals surface area contributed by atoms with E-state index in [-0.39, 0.29) is 23.0 Å². The first-order valence-corrected chi connectivity index (χ1v) is 10.6. The summed E-state index contributed by atoms with van der Waals surface area (Å²) in [5, 5.41) is 14.9. The summed E-state index contributed by atoms with van der Waals surface area (Å²) in [5.74, 6) is 0.803. The number of hydrogen-bond donors (Lipinski definition) is 1. The van der Waals surface area contributed by atoms with Crippen molar-refractivity contribution in [2.75, 3.05) is 7.11 Å². The van der Waals surface area contributed by atoms with Gasteiger partial charge in [0.2, 0.25) is 0 Å². The molecule has 9 heteroatoms. The number of benzene rings is 2. The third-order valence-electron chi connectivity index (χ3n) is 4.06. The normalized spacial score (nSPS) is 11.7. The quantitative estimate of drug-likeness (QED) is 0.424. The van der Waals surface area contributed by atoms with E-state index in [1.807, 2.05) is 19.9 Å². The largest absolute Gasteiger partial charge is 0.503 e. The topological polar surface area (TPSA) is 76.7 Å². The highest BCUT2D eigenvalue weighted by Crippen LogP contribution is 2.41. The summed E-state index contributed by atoms with van der Waals surface area (Å²) in [4.78, 5) is 17.7. The van der Waals surface area contributed by atoms with Gasteiger partial charge in [-0.3, -0.25) is 4.79 Å². The first kappa shape index (κ1) is 21.0. The maximum atomic E-state index is 13.1. The first-order chi connectivity index (χ1) is 13.2. The zero-order valence-electron chi connectivity index (χ0n) is 15.2. The van der Waals surface area contributed by atoms with Crippen molar-refractivity contribution in [2.24, 2.45) is 5.10 Å². The molecule has 0 bridgehead atoms. The van der Waals surface area contributed by atoms with Crippen molar-refractivity contribution in [3.8, 4) is 11.5 Å². The highest BCUT2D eigenvalue weighted by atomic mass is 79.9. The van der Waals surface area contributed by atoms with Gasteiger partial charge in [-0.25, -0.2) is 4.98 Å². The number of halogens is 3. The first-order valence-electron chi connectivity index (χ1n) is 8.26. The zero-order chi connectivity index (χ0) is 20.6. The van der Waals surface area contributed by atoms with E-state index in [9.17, 15) is 9.90 Å². The molecule has 0 aliphatic rings. The summed E-state index contributed by atoms with van der Waals surface area (Å²) in [7, 11) is 1.46. The van der Waals surface area contributed by atoms with Crippen LogP contribution >= 0.6 is 47.8 Å². The number of aromatic hydroxyl groups is 1. The Hall–Kier alpha value is -1.71. The lowest BCUT2D eigenvalue weighted by molar-refractivity contribution is 0.371. The molecule has 1 N–H and O–H groups in total. The van der Waals surface area contributed by atoms with E-state index >= 15 is 0 Å². The molecule has 3 rings (SSSR count). The van der Waals surface area contributed by atoms with Gasteiger partial charge in [-0.15, -0.1) is 0 Å². The van der Waals surface area contributed by atoms with Crippen LogP contribution in [-0.4, -0.2) is 28.1 Å². The maximum Gasteiger partial charge on any atom is 0.282 e. The van der Waals surface area contributed by atoms with Gasteiger partial charge in [-0.1, -0.05) is 29.8 Å². The second-order valence-electron chi connectivity index (χ2n) is 6.29. The summed E-state index contributed by atoms with van der Waals surface area (Å²) >= 11 is 10.1. The van der Waals surface area contributed by atoms with Gasteiger partial charge in [0.1, 0.15) is 5.82 Å². The Labute approximate surface area is 186 Å². The van der Waals surface area contributed by atoms with Crippen LogP contribution in [0.4, 0.5) is 0 Å². The van der Waals surface area contributed by atoms with E-state index in [0.717, 1.165) is 4.47 Å². The summed E-state index contributed by atoms with van der Waals surface area (Å²) in [5.41, 5.74) is 0.989. The second-order valence-corrected chi connectivity index (χ2v) is 8.79. The molecule has 1 aromatic heterocycles. The van der Waals surface area contributed by atoms with Crippen LogP contribution in [-0.2, 0) is 0 Å². The summed E-state index contributed by atoms with van der Waals surface area (Å²) in [6.45, 7) is 3.91. The SMILES string of the molecule is COc1cc(C=Nn2c(C(C)C)nc3ccc(Br)cc3c2=O)c(Br)c(Br)c1O. The average molecular weight is 574 g/mol. The lowest BCUT2D eigenvalue weighted by Crippen LogP contribution is -2.23. The molecular formula is C19H16Br3N3O3. The molecule has 3 aromatic rings. The number of ether oxygens (including phenoxy) is 1. The van der Waals surface area contributed by atoms with Crippen molar-refractivity contribution in [3.63, 3.8) is 0 Å². The molecule has 0 fully saturated rings. The molecule has 146 valence electrons. The second kappa shape index (κ2) is 8.34. The Kier molecular flexibility index (Phi) is 6.26. The van der Waals surface area contributed by atoms with Crippen LogP contribution < -0.4 is 10.3 Å². The molecule has 28 heavy (non-hydrogen) atoms. The molecule has 6 nitrogen and oxygen atoms in total. The van der Waals surface area contributed by atoms with Crippen LogP contribution in [0.25, 0.3) is 10.9 Å². The highest BCUT2D eigenvalue weighted by Gasteiger charge is 2.16. The van der Waals surface area contributed by atoms with Crippen LogP contribution in [0.1, 0.15) is 31.2 Å². The molecule has 0 spiro atoms. The van der Waals surface area contributed by atoms with E-state index in [0.29, 0.717) is 31.2 Å². The number of phenols is 1. The molecule has 0 saturated carbocycles. The molecule has 0 amide bonds. The third-order valence-corrected chi connectivity index (χ3v) is 6.71. The van der Waals surface area contributed by atoms with Gasteiger partial charge < -0.3 is 9.84 Å². The minimum atomic E-state index is -0.257. The van der Waals surface area contributed by atoms with Crippen LogP contribution in [0.5, 0.6) is 11.5 Å². The van der Waals surface area contributed by atoms with Crippen molar-refractivity contribution in [1.29, 1.82) is 0 Å². The molecular weight excluding hydrogens is 558 g/mol. The average Bonchev–Trinajstić information content (AvgIpc) is 2.67. The Morgan fingerprint density at radius 3 is 2.57 bits per heavy atom. The molecule has 0 saturated heterocycles. The Morgan fingerprint density at radius 2 is 1.93 bits per heavy atom. The Morgan fingerprint density at radius 1 is 1.21 bits per heavy atom. The molecule has 0 unspecified atom stereocenters. The fraction of sp³-hybridized carbons (Fsp3) is 0.211. The minimum Gasteiger partial charge on any atom is -0.503 e. The maximum absolute atomic E-state index is 13.1. The van der Waals surface area contributed by atoms with E-state index < -0.39 is 0 Å². The van der Waals surface area contributed by atoms with Crippen LogP contribution in [0.15, 0.2) is 47.6 Å². The lowest BCUT2D eigenvalue weighted by Gasteiger charge is -2.13. The van der Waals surface area contributed by atoms with Gasteiger partial charge in [0.25, 0.3) is 5.56 Å². The number of hydrogen-bond acceptors (Lipinski definition) is 5. The standard InChI is InChI=1S/C19H16Br3N3O3/c1-9(2)18-24-13-5-4-11(20)7-12(13)19(27)25(18)23-8-10-6-14(28-3)17(26)16(22)15(10)21/h4-9,26H,1-3H3. The third kappa shape index (κ3) is 3.88. The fourth-order valence-electron chi connectivity index (χ4n) is 2.63. The van der Waals surface area contributed by atoms with Crippen LogP contribution in [0.2, 0.25) is 0 Å². The lowest BCUT2D eigenvalue weighted by atomic mass is 10.2. The number of aromatic nitrogens is 2. The van der Waals surface area contributed by atoms with Gasteiger partial charge in [-0.05, 0) is 56.1 Å². The highest BCUT2D eigenvalue weighted by molar-refractivity contribution is 9.13. The number of phenolic OH excluding ortho intramolecular Hbond substituents is 1. The predicted molar refractivity (Wildman–Crippen MR) is 121 cm³/mol.